The first-order chi connectivity index (χ1) is 13.2. The number of hydrogen-bond acceptors (Lipinski definition) is 6. The summed E-state index contributed by atoms with van der Waals surface area (Å²) in [6.45, 7) is 2.21. The Morgan fingerprint density at radius 3 is 2.37 bits per heavy atom. The van der Waals surface area contributed by atoms with Crippen LogP contribution in [0.2, 0.25) is 0 Å². The van der Waals surface area contributed by atoms with Gasteiger partial charge >= 0.3 is 0 Å². The number of imidazole rings is 2. The number of H-pyrrole nitrogens is 2. The van der Waals surface area contributed by atoms with Crippen LogP contribution in [0.3, 0.4) is 0 Å². The van der Waals surface area contributed by atoms with Crippen LogP contribution < -0.4 is 16.4 Å². The van der Waals surface area contributed by atoms with Crippen LogP contribution in [0.25, 0.3) is 0 Å². The molecule has 0 aromatic carbocycles. The predicted octanol–water partition coefficient (Wildman–Crippen LogP) is 0.291. The van der Waals surface area contributed by atoms with E-state index >= 15 is 0 Å². The van der Waals surface area contributed by atoms with E-state index in [1.807, 2.05) is 6.07 Å². The molecule has 0 bridgehead atoms. The molecule has 0 atom stereocenters. The van der Waals surface area contributed by atoms with Crippen LogP contribution in [0.15, 0.2) is 37.2 Å². The monoisotopic (exact) mass is 368 g/mol. The van der Waals surface area contributed by atoms with Crippen molar-refractivity contribution in [2.45, 2.75) is 25.9 Å². The second-order valence-electron chi connectivity index (χ2n) is 6.14. The lowest BCUT2D eigenvalue weighted by molar-refractivity contribution is 0.0948. The topological polar surface area (TPSA) is 137 Å². The number of carbonyl (C=O) groups is 1. The van der Waals surface area contributed by atoms with Gasteiger partial charge in [-0.3, -0.25) is 4.79 Å². The zero-order valence-electron chi connectivity index (χ0n) is 15.0. The third kappa shape index (κ3) is 5.73. The van der Waals surface area contributed by atoms with Crippen molar-refractivity contribution in [1.82, 2.24) is 35.6 Å². The molecule has 3 rings (SSSR count). The highest BCUT2D eigenvalue weighted by Crippen LogP contribution is 2.07. The van der Waals surface area contributed by atoms with Gasteiger partial charge in [-0.2, -0.15) is 0 Å². The Balaban J connectivity index is 1.52. The van der Waals surface area contributed by atoms with Gasteiger partial charge < -0.3 is 26.3 Å². The van der Waals surface area contributed by atoms with Crippen molar-refractivity contribution in [3.63, 3.8) is 0 Å². The first-order valence-electron chi connectivity index (χ1n) is 8.88. The Labute approximate surface area is 157 Å². The molecular weight excluding hydrogens is 344 g/mol. The molecule has 0 aliphatic heterocycles. The zero-order chi connectivity index (χ0) is 18.9. The largest absolute Gasteiger partial charge is 0.350 e. The van der Waals surface area contributed by atoms with Crippen molar-refractivity contribution in [2.24, 2.45) is 5.73 Å². The van der Waals surface area contributed by atoms with Gasteiger partial charge in [0, 0.05) is 62.8 Å². The molecular formula is C18H24N8O. The Kier molecular flexibility index (Phi) is 6.66. The first-order valence-corrected chi connectivity index (χ1v) is 8.88. The number of amides is 1. The SMILES string of the molecule is NCc1cc(CNCCc2cnc[nH]2)nc(C(=O)NCCc2cnc[nH]2)c1. The first kappa shape index (κ1) is 18.7. The van der Waals surface area contributed by atoms with Gasteiger partial charge in [-0.05, 0) is 17.7 Å². The van der Waals surface area contributed by atoms with Crippen LogP contribution in [0.5, 0.6) is 0 Å². The summed E-state index contributed by atoms with van der Waals surface area (Å²) in [4.78, 5) is 30.9. The molecule has 0 spiro atoms. The number of hydrogen-bond donors (Lipinski definition) is 5. The third-order valence-corrected chi connectivity index (χ3v) is 4.07. The van der Waals surface area contributed by atoms with E-state index in [0.29, 0.717) is 31.7 Å². The Bertz CT molecular complexity index is 829. The van der Waals surface area contributed by atoms with Crippen LogP contribution >= 0.6 is 0 Å². The van der Waals surface area contributed by atoms with Crippen molar-refractivity contribution in [3.05, 3.63) is 65.5 Å². The predicted molar refractivity (Wildman–Crippen MR) is 101 cm³/mol. The number of nitrogens with two attached hydrogens (primary N) is 1. The fourth-order valence-electron chi connectivity index (χ4n) is 2.66. The van der Waals surface area contributed by atoms with Crippen molar-refractivity contribution < 1.29 is 4.79 Å². The number of aromatic amines is 2. The highest BCUT2D eigenvalue weighted by atomic mass is 16.1. The summed E-state index contributed by atoms with van der Waals surface area (Å²) in [6.07, 6.45) is 8.36. The summed E-state index contributed by atoms with van der Waals surface area (Å²) >= 11 is 0. The van der Waals surface area contributed by atoms with Gasteiger partial charge in [0.05, 0.1) is 18.3 Å². The number of nitrogens with one attached hydrogen (secondary N) is 4. The van der Waals surface area contributed by atoms with Crippen molar-refractivity contribution >= 4 is 5.91 Å². The molecule has 0 aliphatic carbocycles. The molecule has 3 heterocycles. The summed E-state index contributed by atoms with van der Waals surface area (Å²) in [5.74, 6) is -0.205. The molecule has 142 valence electrons. The molecule has 9 nitrogen and oxygen atoms in total. The molecule has 27 heavy (non-hydrogen) atoms. The number of pyridine rings is 1. The minimum Gasteiger partial charge on any atom is -0.350 e. The average molecular weight is 368 g/mol. The van der Waals surface area contributed by atoms with E-state index in [-0.39, 0.29) is 5.91 Å². The van der Waals surface area contributed by atoms with Gasteiger partial charge in [-0.25, -0.2) is 15.0 Å². The second-order valence-corrected chi connectivity index (χ2v) is 6.14. The smallest absolute Gasteiger partial charge is 0.269 e. The molecule has 6 N–H and O–H groups in total. The molecule has 1 amide bonds. The molecule has 0 unspecified atom stereocenters. The third-order valence-electron chi connectivity index (χ3n) is 4.07. The maximum atomic E-state index is 12.4. The molecule has 0 fully saturated rings. The number of carbonyl (C=O) groups excluding carboxylic acids is 1. The van der Waals surface area contributed by atoms with Gasteiger partial charge in [-0.1, -0.05) is 0 Å². The van der Waals surface area contributed by atoms with E-state index in [0.717, 1.165) is 35.6 Å². The quantitative estimate of drug-likeness (QED) is 0.326. The van der Waals surface area contributed by atoms with E-state index in [2.05, 4.69) is 35.6 Å². The molecule has 3 aromatic rings. The number of nitrogens with zero attached hydrogens (tertiary/aromatic N) is 3. The highest BCUT2D eigenvalue weighted by Gasteiger charge is 2.10. The van der Waals surface area contributed by atoms with Gasteiger partial charge in [0.15, 0.2) is 0 Å². The van der Waals surface area contributed by atoms with Gasteiger partial charge in [-0.15, -0.1) is 0 Å². The highest BCUT2D eigenvalue weighted by molar-refractivity contribution is 5.92. The van der Waals surface area contributed by atoms with Gasteiger partial charge in [0.1, 0.15) is 5.69 Å². The number of aromatic nitrogens is 5. The Morgan fingerprint density at radius 2 is 1.74 bits per heavy atom. The standard InChI is InChI=1S/C18H24N8O/c19-7-13-5-16(10-20-3-1-14-8-21-11-24-14)26-17(6-13)18(27)23-4-2-15-9-22-12-25-15/h5-6,8-9,11-12,20H,1-4,7,10,19H2,(H,21,24)(H,22,25)(H,23,27). The average Bonchev–Trinajstić information content (AvgIpc) is 3.39. The van der Waals surface area contributed by atoms with Crippen LogP contribution in [-0.4, -0.2) is 43.9 Å². The molecule has 0 radical (unpaired) electrons. The van der Waals surface area contributed by atoms with E-state index in [1.54, 1.807) is 31.1 Å². The molecule has 0 saturated heterocycles. The molecule has 3 aromatic heterocycles. The van der Waals surface area contributed by atoms with Gasteiger partial charge in [0.25, 0.3) is 5.91 Å². The minimum atomic E-state index is -0.205. The van der Waals surface area contributed by atoms with Crippen molar-refractivity contribution in [1.29, 1.82) is 0 Å². The summed E-state index contributed by atoms with van der Waals surface area (Å²) in [7, 11) is 0. The Hall–Kier alpha value is -3.04. The maximum absolute atomic E-state index is 12.4. The normalized spacial score (nSPS) is 10.9. The maximum Gasteiger partial charge on any atom is 0.269 e. The van der Waals surface area contributed by atoms with Crippen molar-refractivity contribution in [3.8, 4) is 0 Å². The van der Waals surface area contributed by atoms with Crippen LogP contribution in [0, 0.1) is 0 Å². The minimum absolute atomic E-state index is 0.205. The van der Waals surface area contributed by atoms with Crippen LogP contribution in [0.1, 0.15) is 33.1 Å². The van der Waals surface area contributed by atoms with Gasteiger partial charge in [0.2, 0.25) is 0 Å². The van der Waals surface area contributed by atoms with Crippen molar-refractivity contribution in [2.75, 3.05) is 13.1 Å². The fourth-order valence-corrected chi connectivity index (χ4v) is 2.66. The second kappa shape index (κ2) is 9.60. The van der Waals surface area contributed by atoms with Crippen LogP contribution in [-0.2, 0) is 25.9 Å². The lowest BCUT2D eigenvalue weighted by Gasteiger charge is -2.09. The molecule has 0 saturated carbocycles. The summed E-state index contributed by atoms with van der Waals surface area (Å²) in [5.41, 5.74) is 9.87. The van der Waals surface area contributed by atoms with E-state index in [4.69, 9.17) is 5.73 Å². The summed E-state index contributed by atoms with van der Waals surface area (Å²) in [5, 5.41) is 6.21. The molecule has 9 heteroatoms. The van der Waals surface area contributed by atoms with E-state index in [9.17, 15) is 4.79 Å². The van der Waals surface area contributed by atoms with E-state index < -0.39 is 0 Å². The fraction of sp³-hybridized carbons (Fsp3) is 0.333. The molecule has 0 aliphatic rings. The summed E-state index contributed by atoms with van der Waals surface area (Å²) in [6, 6.07) is 3.66. The van der Waals surface area contributed by atoms with Crippen LogP contribution in [0.4, 0.5) is 0 Å². The Morgan fingerprint density at radius 1 is 1.04 bits per heavy atom. The number of rotatable bonds is 10. The summed E-state index contributed by atoms with van der Waals surface area (Å²) < 4.78 is 0. The zero-order valence-corrected chi connectivity index (χ0v) is 15.0. The van der Waals surface area contributed by atoms with E-state index in [1.165, 1.54) is 0 Å². The lowest BCUT2D eigenvalue weighted by Crippen LogP contribution is -2.27. The lowest BCUT2D eigenvalue weighted by atomic mass is 10.1.